The van der Waals surface area contributed by atoms with Crippen LogP contribution >= 0.6 is 0 Å². The molecule has 0 N–H and O–H groups in total. The van der Waals surface area contributed by atoms with Crippen molar-refractivity contribution in [2.24, 2.45) is 0 Å². The van der Waals surface area contributed by atoms with Crippen LogP contribution in [-0.4, -0.2) is 26.0 Å². The van der Waals surface area contributed by atoms with E-state index in [1.165, 1.54) is 12.8 Å². The summed E-state index contributed by atoms with van der Waals surface area (Å²) in [4.78, 5) is 21.1. The molecule has 0 aliphatic heterocycles. The predicted octanol–water partition coefficient (Wildman–Crippen LogP) is 6.64. The predicted molar refractivity (Wildman–Crippen MR) is 138 cm³/mol. The molecule has 0 bridgehead atoms. The molecule has 0 amide bonds. The molecule has 6 heteroatoms. The minimum Gasteiger partial charge on any atom is -0.460 e. The summed E-state index contributed by atoms with van der Waals surface area (Å²) in [7, 11) is 0. The number of pyridine rings is 4. The highest BCUT2D eigenvalue weighted by atomic mass is 16.3. The molecule has 5 aromatic heterocycles. The van der Waals surface area contributed by atoms with Gasteiger partial charge in [0.1, 0.15) is 5.52 Å². The van der Waals surface area contributed by atoms with Crippen LogP contribution in [0.1, 0.15) is 43.9 Å². The average molecular weight is 462 g/mol. The van der Waals surface area contributed by atoms with Gasteiger partial charge in [0.25, 0.3) is 0 Å². The zero-order valence-corrected chi connectivity index (χ0v) is 19.9. The van der Waals surface area contributed by atoms with Crippen molar-refractivity contribution in [1.82, 2.24) is 19.9 Å². The number of fused-ring (bicyclic) bond motifs is 1. The van der Waals surface area contributed by atoms with Crippen LogP contribution in [0, 0.1) is 0 Å². The van der Waals surface area contributed by atoms with Crippen LogP contribution in [0.15, 0.2) is 83.9 Å². The van der Waals surface area contributed by atoms with Crippen molar-refractivity contribution in [3.8, 4) is 22.6 Å². The summed E-state index contributed by atoms with van der Waals surface area (Å²) >= 11 is 0. The Bertz CT molecular complexity index is 1460. The number of furan rings is 1. The van der Waals surface area contributed by atoms with Gasteiger partial charge < -0.3 is 9.32 Å². The molecule has 0 spiro atoms. The monoisotopic (exact) mass is 461 g/mol. The van der Waals surface area contributed by atoms with Crippen molar-refractivity contribution in [2.45, 2.75) is 45.2 Å². The molecule has 0 unspecified atom stereocenters. The second-order valence-electron chi connectivity index (χ2n) is 9.36. The van der Waals surface area contributed by atoms with Gasteiger partial charge in [-0.2, -0.15) is 0 Å². The van der Waals surface area contributed by atoms with Crippen LogP contribution in [0.3, 0.4) is 0 Å². The Labute approximate surface area is 204 Å². The van der Waals surface area contributed by atoms with Gasteiger partial charge in [-0.05, 0) is 68.7 Å². The molecule has 0 atom stereocenters. The number of rotatable bonds is 7. The van der Waals surface area contributed by atoms with E-state index in [2.05, 4.69) is 46.9 Å². The van der Waals surface area contributed by atoms with Crippen LogP contribution in [0.2, 0.25) is 0 Å². The fourth-order valence-electron chi connectivity index (χ4n) is 4.53. The lowest BCUT2D eigenvalue weighted by Crippen LogP contribution is -2.30. The van der Waals surface area contributed by atoms with E-state index in [0.29, 0.717) is 12.5 Å². The van der Waals surface area contributed by atoms with Gasteiger partial charge in [-0.25, -0.2) is 4.98 Å². The van der Waals surface area contributed by atoms with Crippen molar-refractivity contribution in [3.63, 3.8) is 0 Å². The summed E-state index contributed by atoms with van der Waals surface area (Å²) in [6.07, 6.45) is 9.73. The third-order valence-electron chi connectivity index (χ3n) is 6.51. The average Bonchev–Trinajstić information content (AvgIpc) is 3.64. The Morgan fingerprint density at radius 2 is 1.77 bits per heavy atom. The number of hydrogen-bond donors (Lipinski definition) is 0. The molecule has 35 heavy (non-hydrogen) atoms. The Hall–Kier alpha value is -4.06. The first kappa shape index (κ1) is 21.5. The maximum absolute atomic E-state index is 5.93. The van der Waals surface area contributed by atoms with Crippen LogP contribution in [0.4, 0.5) is 5.69 Å². The van der Waals surface area contributed by atoms with Gasteiger partial charge in [0.05, 0.1) is 34.7 Å². The Kier molecular flexibility index (Phi) is 5.49. The van der Waals surface area contributed by atoms with Gasteiger partial charge in [-0.1, -0.05) is 12.1 Å². The van der Waals surface area contributed by atoms with E-state index in [0.717, 1.165) is 50.7 Å². The molecule has 174 valence electrons. The summed E-state index contributed by atoms with van der Waals surface area (Å²) in [6.45, 7) is 5.10. The van der Waals surface area contributed by atoms with Gasteiger partial charge in [-0.15, -0.1) is 0 Å². The Morgan fingerprint density at radius 1 is 0.914 bits per heavy atom. The summed E-state index contributed by atoms with van der Waals surface area (Å²) < 4.78 is 5.93. The molecular formula is C29H27N5O. The third-order valence-corrected chi connectivity index (χ3v) is 6.51. The maximum Gasteiger partial charge on any atom is 0.175 e. The van der Waals surface area contributed by atoms with E-state index in [4.69, 9.17) is 14.4 Å². The van der Waals surface area contributed by atoms with Gasteiger partial charge in [0.2, 0.25) is 0 Å². The standard InChI is InChI=1S/C29H27N5O/c1-19(2)34(18-20-8-11-24(32-17-20)23-7-3-4-13-30-23)27-16-26(33-25-12-15-35-29(25)27)22-6-5-14-31-28(22)21-9-10-21/h3-8,11-17,19,21H,9-10,18H2,1-2H3. The number of aromatic nitrogens is 4. The van der Waals surface area contributed by atoms with Gasteiger partial charge in [-0.3, -0.25) is 15.0 Å². The highest BCUT2D eigenvalue weighted by Gasteiger charge is 2.29. The minimum atomic E-state index is 0.241. The highest BCUT2D eigenvalue weighted by molar-refractivity contribution is 5.90. The number of nitrogens with zero attached hydrogens (tertiary/aromatic N) is 5. The first-order valence-corrected chi connectivity index (χ1v) is 12.1. The van der Waals surface area contributed by atoms with E-state index in [1.807, 2.05) is 48.8 Å². The fraction of sp³-hybridized carbons (Fsp3) is 0.241. The normalized spacial score (nSPS) is 13.5. The van der Waals surface area contributed by atoms with Crippen molar-refractivity contribution in [2.75, 3.05) is 4.90 Å². The molecule has 1 saturated carbocycles. The van der Waals surface area contributed by atoms with Crippen LogP contribution in [0.5, 0.6) is 0 Å². The lowest BCUT2D eigenvalue weighted by Gasteiger charge is -2.29. The van der Waals surface area contributed by atoms with E-state index in [1.54, 1.807) is 12.5 Å². The van der Waals surface area contributed by atoms with Crippen molar-refractivity contribution >= 4 is 16.8 Å². The molecule has 5 heterocycles. The van der Waals surface area contributed by atoms with Crippen molar-refractivity contribution in [3.05, 3.63) is 90.7 Å². The highest BCUT2D eigenvalue weighted by Crippen LogP contribution is 2.44. The number of hydrogen-bond acceptors (Lipinski definition) is 6. The van der Waals surface area contributed by atoms with Crippen LogP contribution in [-0.2, 0) is 6.54 Å². The van der Waals surface area contributed by atoms with Gasteiger partial charge in [0, 0.05) is 48.7 Å². The SMILES string of the molecule is CC(C)N(Cc1ccc(-c2ccccn2)nc1)c1cc(-c2cccnc2C2CC2)nc2ccoc12. The van der Waals surface area contributed by atoms with Crippen LogP contribution < -0.4 is 4.90 Å². The molecule has 6 rings (SSSR count). The quantitative estimate of drug-likeness (QED) is 0.271. The lowest BCUT2D eigenvalue weighted by molar-refractivity contribution is 0.606. The Morgan fingerprint density at radius 3 is 2.51 bits per heavy atom. The summed E-state index contributed by atoms with van der Waals surface area (Å²) in [6, 6.07) is 18.5. The zero-order valence-electron chi connectivity index (χ0n) is 19.9. The second kappa shape index (κ2) is 8.95. The van der Waals surface area contributed by atoms with E-state index >= 15 is 0 Å². The van der Waals surface area contributed by atoms with E-state index in [9.17, 15) is 0 Å². The molecule has 1 aliphatic carbocycles. The molecule has 1 fully saturated rings. The van der Waals surface area contributed by atoms with E-state index < -0.39 is 0 Å². The van der Waals surface area contributed by atoms with Crippen molar-refractivity contribution in [1.29, 1.82) is 0 Å². The molecular weight excluding hydrogens is 434 g/mol. The van der Waals surface area contributed by atoms with Crippen molar-refractivity contribution < 1.29 is 4.42 Å². The first-order valence-electron chi connectivity index (χ1n) is 12.1. The molecule has 0 radical (unpaired) electrons. The molecule has 5 aromatic rings. The van der Waals surface area contributed by atoms with E-state index in [-0.39, 0.29) is 6.04 Å². The summed E-state index contributed by atoms with van der Waals surface area (Å²) in [5, 5.41) is 0. The third kappa shape index (κ3) is 4.28. The second-order valence-corrected chi connectivity index (χ2v) is 9.36. The molecule has 1 aliphatic rings. The summed E-state index contributed by atoms with van der Waals surface area (Å²) in [5.74, 6) is 0.543. The Balaban J connectivity index is 1.38. The minimum absolute atomic E-state index is 0.241. The van der Waals surface area contributed by atoms with Crippen LogP contribution in [0.25, 0.3) is 33.7 Å². The fourth-order valence-corrected chi connectivity index (χ4v) is 4.53. The largest absolute Gasteiger partial charge is 0.460 e. The molecule has 0 saturated heterocycles. The summed E-state index contributed by atoms with van der Waals surface area (Å²) in [5.41, 5.74) is 8.77. The molecule has 0 aromatic carbocycles. The first-order chi connectivity index (χ1) is 17.2. The van der Waals surface area contributed by atoms with Gasteiger partial charge >= 0.3 is 0 Å². The topological polar surface area (TPSA) is 67.9 Å². The zero-order chi connectivity index (χ0) is 23.8. The smallest absolute Gasteiger partial charge is 0.175 e. The van der Waals surface area contributed by atoms with Gasteiger partial charge in [0.15, 0.2) is 5.58 Å². The molecule has 6 nitrogen and oxygen atoms in total. The number of anilines is 1. The lowest BCUT2D eigenvalue weighted by atomic mass is 10.0. The maximum atomic E-state index is 5.93.